The summed E-state index contributed by atoms with van der Waals surface area (Å²) in [6.45, 7) is 6.93. The number of hydrogen-bond donors (Lipinski definition) is 2. The third-order valence-corrected chi connectivity index (χ3v) is 3.02. The molecule has 0 spiro atoms. The molecule has 1 aromatic rings. The first-order chi connectivity index (χ1) is 8.01. The van der Waals surface area contributed by atoms with Gasteiger partial charge >= 0.3 is 0 Å². The van der Waals surface area contributed by atoms with Gasteiger partial charge in [-0.2, -0.15) is 5.10 Å². The van der Waals surface area contributed by atoms with E-state index in [2.05, 4.69) is 24.3 Å². The third kappa shape index (κ3) is 3.20. The molecule has 5 heteroatoms. The number of nitrogens with one attached hydrogen (secondary N) is 1. The first kappa shape index (κ1) is 14.0. The summed E-state index contributed by atoms with van der Waals surface area (Å²) in [5.41, 5.74) is 2.01. The lowest BCUT2D eigenvalue weighted by atomic mass is 10.1. The molecular weight excluding hydrogens is 218 g/mol. The van der Waals surface area contributed by atoms with E-state index in [1.54, 1.807) is 11.8 Å². The van der Waals surface area contributed by atoms with Crippen molar-refractivity contribution in [3.8, 4) is 5.88 Å². The van der Waals surface area contributed by atoms with Crippen LogP contribution in [0.25, 0.3) is 0 Å². The van der Waals surface area contributed by atoms with E-state index in [4.69, 9.17) is 4.74 Å². The summed E-state index contributed by atoms with van der Waals surface area (Å²) in [4.78, 5) is 0. The van der Waals surface area contributed by atoms with E-state index in [1.165, 1.54) is 0 Å². The second-order valence-electron chi connectivity index (χ2n) is 4.61. The minimum absolute atomic E-state index is 0.0966. The Balaban J connectivity index is 2.74. The molecule has 2 N–H and O–H groups in total. The molecule has 0 aromatic carbocycles. The molecule has 1 rings (SSSR count). The number of rotatable bonds is 6. The SMILES string of the molecule is COc1c(CN[C@H](CO)C(C)C)c(C)nn1C. The summed E-state index contributed by atoms with van der Waals surface area (Å²) in [6, 6.07) is 0.0966. The van der Waals surface area contributed by atoms with E-state index in [9.17, 15) is 5.11 Å². The van der Waals surface area contributed by atoms with Crippen molar-refractivity contribution in [2.75, 3.05) is 13.7 Å². The van der Waals surface area contributed by atoms with Crippen LogP contribution in [0.15, 0.2) is 0 Å². The van der Waals surface area contributed by atoms with E-state index in [0.717, 1.165) is 17.1 Å². The van der Waals surface area contributed by atoms with Gasteiger partial charge in [-0.1, -0.05) is 13.8 Å². The first-order valence-corrected chi connectivity index (χ1v) is 5.92. The highest BCUT2D eigenvalue weighted by Crippen LogP contribution is 2.20. The molecule has 17 heavy (non-hydrogen) atoms. The Morgan fingerprint density at radius 1 is 1.47 bits per heavy atom. The van der Waals surface area contributed by atoms with Crippen molar-refractivity contribution in [2.45, 2.75) is 33.4 Å². The number of ether oxygens (including phenoxy) is 1. The van der Waals surface area contributed by atoms with Crippen molar-refractivity contribution < 1.29 is 9.84 Å². The topological polar surface area (TPSA) is 59.3 Å². The number of methoxy groups -OCH3 is 1. The maximum atomic E-state index is 9.26. The van der Waals surface area contributed by atoms with Crippen LogP contribution in [-0.4, -0.2) is 34.6 Å². The van der Waals surface area contributed by atoms with Crippen LogP contribution in [0.2, 0.25) is 0 Å². The summed E-state index contributed by atoms with van der Waals surface area (Å²) in [5.74, 6) is 1.17. The zero-order valence-electron chi connectivity index (χ0n) is 11.3. The summed E-state index contributed by atoms with van der Waals surface area (Å²) in [5, 5.41) is 16.9. The number of aromatic nitrogens is 2. The summed E-state index contributed by atoms with van der Waals surface area (Å²) < 4.78 is 7.05. The molecule has 0 amide bonds. The molecule has 1 aromatic heterocycles. The fourth-order valence-electron chi connectivity index (χ4n) is 1.88. The molecule has 0 aliphatic rings. The Morgan fingerprint density at radius 2 is 2.12 bits per heavy atom. The van der Waals surface area contributed by atoms with E-state index >= 15 is 0 Å². The number of aryl methyl sites for hydroxylation is 2. The maximum Gasteiger partial charge on any atom is 0.216 e. The Bertz CT molecular complexity index is 361. The summed E-state index contributed by atoms with van der Waals surface area (Å²) >= 11 is 0. The number of aliphatic hydroxyl groups excluding tert-OH is 1. The minimum atomic E-state index is 0.0966. The molecule has 0 unspecified atom stereocenters. The van der Waals surface area contributed by atoms with Gasteiger partial charge in [-0.25, -0.2) is 4.68 Å². The molecule has 0 saturated carbocycles. The molecule has 0 fully saturated rings. The third-order valence-electron chi connectivity index (χ3n) is 3.02. The lowest BCUT2D eigenvalue weighted by Crippen LogP contribution is -2.36. The zero-order valence-corrected chi connectivity index (χ0v) is 11.3. The highest BCUT2D eigenvalue weighted by molar-refractivity contribution is 5.30. The second-order valence-corrected chi connectivity index (χ2v) is 4.61. The van der Waals surface area contributed by atoms with Crippen molar-refractivity contribution in [2.24, 2.45) is 13.0 Å². The summed E-state index contributed by atoms with van der Waals surface area (Å²) in [7, 11) is 3.51. The predicted octanol–water partition coefficient (Wildman–Crippen LogP) is 0.844. The molecule has 5 nitrogen and oxygen atoms in total. The fraction of sp³-hybridized carbons (Fsp3) is 0.750. The van der Waals surface area contributed by atoms with Crippen LogP contribution in [0, 0.1) is 12.8 Å². The zero-order chi connectivity index (χ0) is 13.0. The van der Waals surface area contributed by atoms with Crippen LogP contribution >= 0.6 is 0 Å². The lowest BCUT2D eigenvalue weighted by Gasteiger charge is -2.20. The maximum absolute atomic E-state index is 9.26. The number of nitrogens with zero attached hydrogens (tertiary/aromatic N) is 2. The van der Waals surface area contributed by atoms with Gasteiger partial charge < -0.3 is 15.2 Å². The van der Waals surface area contributed by atoms with Gasteiger partial charge in [0, 0.05) is 19.6 Å². The molecule has 0 aliphatic carbocycles. The van der Waals surface area contributed by atoms with Crippen LogP contribution < -0.4 is 10.1 Å². The van der Waals surface area contributed by atoms with Crippen molar-refractivity contribution >= 4 is 0 Å². The molecule has 0 radical (unpaired) electrons. The van der Waals surface area contributed by atoms with Crippen LogP contribution in [0.4, 0.5) is 0 Å². The van der Waals surface area contributed by atoms with Crippen LogP contribution in [-0.2, 0) is 13.6 Å². The van der Waals surface area contributed by atoms with Crippen molar-refractivity contribution in [1.82, 2.24) is 15.1 Å². The highest BCUT2D eigenvalue weighted by Gasteiger charge is 2.16. The van der Waals surface area contributed by atoms with E-state index in [1.807, 2.05) is 14.0 Å². The fourth-order valence-corrected chi connectivity index (χ4v) is 1.88. The summed E-state index contributed by atoms with van der Waals surface area (Å²) in [6.07, 6.45) is 0. The van der Waals surface area contributed by atoms with Crippen LogP contribution in [0.5, 0.6) is 5.88 Å². The molecular formula is C12H23N3O2. The Morgan fingerprint density at radius 3 is 2.59 bits per heavy atom. The van der Waals surface area contributed by atoms with E-state index < -0.39 is 0 Å². The lowest BCUT2D eigenvalue weighted by molar-refractivity contribution is 0.209. The van der Waals surface area contributed by atoms with Gasteiger partial charge in [0.15, 0.2) is 0 Å². The van der Waals surface area contributed by atoms with Crippen LogP contribution in [0.1, 0.15) is 25.1 Å². The largest absolute Gasteiger partial charge is 0.481 e. The van der Waals surface area contributed by atoms with Gasteiger partial charge in [0.25, 0.3) is 0 Å². The van der Waals surface area contributed by atoms with E-state index in [0.29, 0.717) is 12.5 Å². The van der Waals surface area contributed by atoms with Gasteiger partial charge in [-0.15, -0.1) is 0 Å². The molecule has 1 atom stereocenters. The number of aliphatic hydroxyl groups is 1. The molecule has 0 saturated heterocycles. The second kappa shape index (κ2) is 6.02. The quantitative estimate of drug-likeness (QED) is 0.775. The van der Waals surface area contributed by atoms with Gasteiger partial charge in [0.05, 0.1) is 25.0 Å². The van der Waals surface area contributed by atoms with Crippen molar-refractivity contribution in [3.05, 3.63) is 11.3 Å². The van der Waals surface area contributed by atoms with Gasteiger partial charge in [-0.05, 0) is 12.8 Å². The molecule has 98 valence electrons. The minimum Gasteiger partial charge on any atom is -0.481 e. The molecule has 1 heterocycles. The normalized spacial score (nSPS) is 13.1. The Kier molecular flexibility index (Phi) is 4.96. The highest BCUT2D eigenvalue weighted by atomic mass is 16.5. The standard InChI is InChI=1S/C12H23N3O2/c1-8(2)11(7-16)13-6-10-9(3)14-15(4)12(10)17-5/h8,11,13,16H,6-7H2,1-5H3/t11-/m1/s1. The molecule has 0 aliphatic heterocycles. The molecule has 0 bridgehead atoms. The Labute approximate surface area is 103 Å². The predicted molar refractivity (Wildman–Crippen MR) is 67.0 cm³/mol. The monoisotopic (exact) mass is 241 g/mol. The smallest absolute Gasteiger partial charge is 0.216 e. The number of hydrogen-bond acceptors (Lipinski definition) is 4. The van der Waals surface area contributed by atoms with Crippen molar-refractivity contribution in [1.29, 1.82) is 0 Å². The Hall–Kier alpha value is -1.07. The van der Waals surface area contributed by atoms with Gasteiger partial charge in [0.1, 0.15) is 0 Å². The van der Waals surface area contributed by atoms with Crippen molar-refractivity contribution in [3.63, 3.8) is 0 Å². The van der Waals surface area contributed by atoms with Gasteiger partial charge in [0.2, 0.25) is 5.88 Å². The van der Waals surface area contributed by atoms with E-state index in [-0.39, 0.29) is 12.6 Å². The average Bonchev–Trinajstić information content (AvgIpc) is 2.53. The first-order valence-electron chi connectivity index (χ1n) is 5.92. The average molecular weight is 241 g/mol. The van der Waals surface area contributed by atoms with Gasteiger partial charge in [-0.3, -0.25) is 0 Å². The van der Waals surface area contributed by atoms with Crippen LogP contribution in [0.3, 0.4) is 0 Å².